The van der Waals surface area contributed by atoms with Crippen molar-refractivity contribution in [2.75, 3.05) is 29.0 Å². The molecule has 0 aromatic heterocycles. The second-order valence-electron chi connectivity index (χ2n) is 8.79. The second-order valence-corrected chi connectivity index (χ2v) is 10.7. The van der Waals surface area contributed by atoms with Crippen molar-refractivity contribution in [3.63, 3.8) is 0 Å². The molecule has 1 fully saturated rings. The number of carbonyl (C=O) groups excluding carboxylic acids is 2. The Balaban J connectivity index is 1.46. The van der Waals surface area contributed by atoms with Crippen LogP contribution in [0.2, 0.25) is 0 Å². The maximum atomic E-state index is 13.2. The van der Waals surface area contributed by atoms with Gasteiger partial charge >= 0.3 is 0 Å². The molecule has 0 bridgehead atoms. The zero-order valence-corrected chi connectivity index (χ0v) is 21.1. The van der Waals surface area contributed by atoms with E-state index in [1.807, 2.05) is 0 Å². The molecule has 4 rings (SSSR count). The van der Waals surface area contributed by atoms with E-state index in [4.69, 9.17) is 4.74 Å². The van der Waals surface area contributed by atoms with Crippen molar-refractivity contribution in [3.8, 4) is 0 Å². The Hall–Kier alpha value is -3.76. The molecular formula is C27H28FN3O5S. The fourth-order valence-electron chi connectivity index (χ4n) is 4.03. The van der Waals surface area contributed by atoms with E-state index in [1.54, 1.807) is 24.3 Å². The minimum Gasteiger partial charge on any atom is -0.376 e. The Kier molecular flexibility index (Phi) is 8.20. The number of benzene rings is 3. The molecule has 37 heavy (non-hydrogen) atoms. The predicted octanol–water partition coefficient (Wildman–Crippen LogP) is 3.95. The lowest BCUT2D eigenvalue weighted by Gasteiger charge is -2.23. The van der Waals surface area contributed by atoms with Gasteiger partial charge < -0.3 is 15.4 Å². The van der Waals surface area contributed by atoms with Crippen molar-refractivity contribution in [3.05, 3.63) is 95.3 Å². The molecule has 3 aromatic carbocycles. The topological polar surface area (TPSA) is 105 Å². The van der Waals surface area contributed by atoms with Crippen LogP contribution < -0.4 is 14.9 Å². The van der Waals surface area contributed by atoms with Crippen molar-refractivity contribution < 1.29 is 27.1 Å². The smallest absolute Gasteiger partial charge is 0.255 e. The van der Waals surface area contributed by atoms with Crippen LogP contribution in [-0.2, 0) is 21.3 Å². The summed E-state index contributed by atoms with van der Waals surface area (Å²) in [4.78, 5) is 25.6. The summed E-state index contributed by atoms with van der Waals surface area (Å²) in [6.45, 7) is 1.11. The van der Waals surface area contributed by atoms with E-state index in [2.05, 4.69) is 10.6 Å². The molecule has 1 saturated heterocycles. The zero-order chi connectivity index (χ0) is 26.4. The highest BCUT2D eigenvalue weighted by molar-refractivity contribution is 7.92. The lowest BCUT2D eigenvalue weighted by molar-refractivity contribution is 0.0858. The fourth-order valence-corrected chi connectivity index (χ4v) is 4.91. The molecule has 8 nitrogen and oxygen atoms in total. The maximum absolute atomic E-state index is 13.2. The minimum absolute atomic E-state index is 0.00113. The average molecular weight is 526 g/mol. The van der Waals surface area contributed by atoms with Crippen LogP contribution in [0, 0.1) is 5.82 Å². The molecule has 1 atom stereocenters. The summed E-state index contributed by atoms with van der Waals surface area (Å²) in [6, 6.07) is 18.3. The Labute approximate surface area is 215 Å². The van der Waals surface area contributed by atoms with Crippen LogP contribution in [0.5, 0.6) is 0 Å². The van der Waals surface area contributed by atoms with E-state index in [1.165, 1.54) is 52.8 Å². The molecule has 2 amide bonds. The van der Waals surface area contributed by atoms with E-state index in [-0.39, 0.29) is 24.1 Å². The summed E-state index contributed by atoms with van der Waals surface area (Å²) >= 11 is 0. The van der Waals surface area contributed by atoms with Gasteiger partial charge in [-0.2, -0.15) is 0 Å². The summed E-state index contributed by atoms with van der Waals surface area (Å²) in [7, 11) is -3.65. The first-order valence-electron chi connectivity index (χ1n) is 11.8. The molecule has 10 heteroatoms. The number of carbonyl (C=O) groups is 2. The van der Waals surface area contributed by atoms with Gasteiger partial charge in [0.05, 0.1) is 35.8 Å². The standard InChI is InChI=1S/C27H28FN3O5S/c1-37(34,35)31(18-19-8-12-21(28)13-9-19)22-14-10-20(11-15-22)26(32)30-25-7-3-2-6-24(25)27(33)29-17-23-5-4-16-36-23/h2-3,6-15,23H,4-5,16-18H2,1H3,(H,29,33)(H,30,32). The maximum Gasteiger partial charge on any atom is 0.255 e. The van der Waals surface area contributed by atoms with E-state index in [0.29, 0.717) is 35.7 Å². The van der Waals surface area contributed by atoms with Gasteiger partial charge in [-0.25, -0.2) is 12.8 Å². The monoisotopic (exact) mass is 525 g/mol. The number of para-hydroxylation sites is 1. The van der Waals surface area contributed by atoms with Crippen LogP contribution in [0.4, 0.5) is 15.8 Å². The number of hydrogen-bond donors (Lipinski definition) is 2. The first kappa shape index (κ1) is 26.3. The van der Waals surface area contributed by atoms with Gasteiger partial charge in [0, 0.05) is 18.7 Å². The van der Waals surface area contributed by atoms with Crippen LogP contribution in [0.25, 0.3) is 0 Å². The fraction of sp³-hybridized carbons (Fsp3) is 0.259. The van der Waals surface area contributed by atoms with Crippen molar-refractivity contribution in [1.29, 1.82) is 0 Å². The third kappa shape index (κ3) is 6.93. The van der Waals surface area contributed by atoms with Gasteiger partial charge in [-0.15, -0.1) is 0 Å². The molecule has 0 spiro atoms. The van der Waals surface area contributed by atoms with Crippen LogP contribution in [-0.4, -0.2) is 45.7 Å². The summed E-state index contributed by atoms with van der Waals surface area (Å²) in [5, 5.41) is 5.61. The first-order chi connectivity index (χ1) is 17.7. The first-order valence-corrected chi connectivity index (χ1v) is 13.7. The zero-order valence-electron chi connectivity index (χ0n) is 20.3. The van der Waals surface area contributed by atoms with E-state index in [9.17, 15) is 22.4 Å². The molecule has 1 unspecified atom stereocenters. The second kappa shape index (κ2) is 11.5. The van der Waals surface area contributed by atoms with Gasteiger partial charge in [-0.1, -0.05) is 24.3 Å². The molecule has 1 aliphatic heterocycles. The number of nitrogens with one attached hydrogen (secondary N) is 2. The number of ether oxygens (including phenoxy) is 1. The minimum atomic E-state index is -3.65. The predicted molar refractivity (Wildman–Crippen MR) is 140 cm³/mol. The van der Waals surface area contributed by atoms with Gasteiger partial charge in [-0.3, -0.25) is 13.9 Å². The van der Waals surface area contributed by atoms with E-state index >= 15 is 0 Å². The SMILES string of the molecule is CS(=O)(=O)N(Cc1ccc(F)cc1)c1ccc(C(=O)Nc2ccccc2C(=O)NCC2CCCO2)cc1. The highest BCUT2D eigenvalue weighted by Crippen LogP contribution is 2.23. The Bertz CT molecular complexity index is 1360. The van der Waals surface area contributed by atoms with Gasteiger partial charge in [0.15, 0.2) is 0 Å². The van der Waals surface area contributed by atoms with Crippen molar-refractivity contribution in [2.24, 2.45) is 0 Å². The molecule has 3 aromatic rings. The van der Waals surface area contributed by atoms with Crippen LogP contribution in [0.3, 0.4) is 0 Å². The molecule has 0 saturated carbocycles. The van der Waals surface area contributed by atoms with Gasteiger partial charge in [0.2, 0.25) is 10.0 Å². The normalized spacial score (nSPS) is 15.2. The number of halogens is 1. The van der Waals surface area contributed by atoms with Gasteiger partial charge in [-0.05, 0) is 66.9 Å². The Morgan fingerprint density at radius 2 is 1.70 bits per heavy atom. The summed E-state index contributed by atoms with van der Waals surface area (Å²) in [5.74, 6) is -1.17. The number of rotatable bonds is 9. The van der Waals surface area contributed by atoms with Crippen LogP contribution in [0.15, 0.2) is 72.8 Å². The molecule has 2 N–H and O–H groups in total. The molecule has 0 aliphatic carbocycles. The van der Waals surface area contributed by atoms with E-state index < -0.39 is 21.7 Å². The molecule has 0 radical (unpaired) electrons. The molecule has 194 valence electrons. The summed E-state index contributed by atoms with van der Waals surface area (Å²) < 4.78 is 44.8. The van der Waals surface area contributed by atoms with Gasteiger partial charge in [0.25, 0.3) is 11.8 Å². The van der Waals surface area contributed by atoms with Crippen molar-refractivity contribution >= 4 is 33.2 Å². The molecular weight excluding hydrogens is 497 g/mol. The number of amides is 2. The molecule has 1 heterocycles. The highest BCUT2D eigenvalue weighted by Gasteiger charge is 2.20. The van der Waals surface area contributed by atoms with Crippen LogP contribution in [0.1, 0.15) is 39.1 Å². The summed E-state index contributed by atoms with van der Waals surface area (Å²) in [6.07, 6.45) is 2.95. The third-order valence-electron chi connectivity index (χ3n) is 5.99. The molecule has 1 aliphatic rings. The Morgan fingerprint density at radius 1 is 1.00 bits per heavy atom. The average Bonchev–Trinajstić information content (AvgIpc) is 3.40. The Morgan fingerprint density at radius 3 is 2.35 bits per heavy atom. The van der Waals surface area contributed by atoms with Crippen molar-refractivity contribution in [1.82, 2.24) is 5.32 Å². The third-order valence-corrected chi connectivity index (χ3v) is 7.13. The van der Waals surface area contributed by atoms with E-state index in [0.717, 1.165) is 19.1 Å². The number of sulfonamides is 1. The largest absolute Gasteiger partial charge is 0.376 e. The van der Waals surface area contributed by atoms with Crippen molar-refractivity contribution in [2.45, 2.75) is 25.5 Å². The summed E-state index contributed by atoms with van der Waals surface area (Å²) in [5.41, 5.74) is 1.94. The van der Waals surface area contributed by atoms with Gasteiger partial charge in [0.1, 0.15) is 5.82 Å². The quantitative estimate of drug-likeness (QED) is 0.440. The highest BCUT2D eigenvalue weighted by atomic mass is 32.2. The lowest BCUT2D eigenvalue weighted by Crippen LogP contribution is -2.32. The number of nitrogens with zero attached hydrogens (tertiary/aromatic N) is 1. The lowest BCUT2D eigenvalue weighted by atomic mass is 10.1. The van der Waals surface area contributed by atoms with Crippen LogP contribution >= 0.6 is 0 Å². The number of anilines is 2. The number of hydrogen-bond acceptors (Lipinski definition) is 5.